The SMILES string of the molecule is CCc1ccc(-c2nc3ccccn3c2C)cc1. The van der Waals surface area contributed by atoms with Crippen molar-refractivity contribution in [2.24, 2.45) is 0 Å². The lowest BCUT2D eigenvalue weighted by Crippen LogP contribution is -1.86. The first-order valence-electron chi connectivity index (χ1n) is 6.32. The molecule has 2 aromatic heterocycles. The predicted molar refractivity (Wildman–Crippen MR) is 74.7 cm³/mol. The highest BCUT2D eigenvalue weighted by atomic mass is 15.0. The average molecular weight is 236 g/mol. The van der Waals surface area contributed by atoms with Crippen molar-refractivity contribution in [3.63, 3.8) is 0 Å². The van der Waals surface area contributed by atoms with Crippen LogP contribution in [0.15, 0.2) is 48.7 Å². The van der Waals surface area contributed by atoms with Gasteiger partial charge in [0, 0.05) is 17.5 Å². The van der Waals surface area contributed by atoms with Gasteiger partial charge in [0.1, 0.15) is 5.65 Å². The van der Waals surface area contributed by atoms with Gasteiger partial charge in [-0.25, -0.2) is 4.98 Å². The molecular formula is C16H16N2. The predicted octanol–water partition coefficient (Wildman–Crippen LogP) is 3.87. The molecule has 2 nitrogen and oxygen atoms in total. The molecule has 2 heterocycles. The molecule has 0 spiro atoms. The second-order valence-electron chi connectivity index (χ2n) is 4.53. The summed E-state index contributed by atoms with van der Waals surface area (Å²) in [4.78, 5) is 4.70. The molecule has 0 amide bonds. The van der Waals surface area contributed by atoms with Gasteiger partial charge in [0.05, 0.1) is 5.69 Å². The van der Waals surface area contributed by atoms with Crippen LogP contribution >= 0.6 is 0 Å². The van der Waals surface area contributed by atoms with Crippen LogP contribution in [0.5, 0.6) is 0 Å². The largest absolute Gasteiger partial charge is 0.304 e. The number of nitrogens with zero attached hydrogens (tertiary/aromatic N) is 2. The van der Waals surface area contributed by atoms with Gasteiger partial charge in [-0.3, -0.25) is 0 Å². The quantitative estimate of drug-likeness (QED) is 0.660. The first kappa shape index (κ1) is 11.0. The molecule has 3 rings (SSSR count). The molecule has 0 aliphatic carbocycles. The Kier molecular flexibility index (Phi) is 2.63. The first-order valence-corrected chi connectivity index (χ1v) is 6.32. The molecule has 0 saturated carbocycles. The molecule has 0 atom stereocenters. The van der Waals surface area contributed by atoms with Crippen molar-refractivity contribution < 1.29 is 0 Å². The number of aromatic nitrogens is 2. The molecule has 18 heavy (non-hydrogen) atoms. The summed E-state index contributed by atoms with van der Waals surface area (Å²) in [6, 6.07) is 14.8. The highest BCUT2D eigenvalue weighted by Crippen LogP contribution is 2.24. The Balaban J connectivity index is 2.15. The number of hydrogen-bond donors (Lipinski definition) is 0. The zero-order valence-electron chi connectivity index (χ0n) is 10.7. The van der Waals surface area contributed by atoms with Crippen molar-refractivity contribution in [2.45, 2.75) is 20.3 Å². The lowest BCUT2D eigenvalue weighted by atomic mass is 10.1. The zero-order valence-corrected chi connectivity index (χ0v) is 10.7. The van der Waals surface area contributed by atoms with E-state index in [1.54, 1.807) is 0 Å². The maximum absolute atomic E-state index is 4.70. The van der Waals surface area contributed by atoms with E-state index in [9.17, 15) is 0 Å². The second kappa shape index (κ2) is 4.30. The van der Waals surface area contributed by atoms with Crippen molar-refractivity contribution in [2.75, 3.05) is 0 Å². The van der Waals surface area contributed by atoms with E-state index in [1.807, 2.05) is 18.2 Å². The summed E-state index contributed by atoms with van der Waals surface area (Å²) >= 11 is 0. The summed E-state index contributed by atoms with van der Waals surface area (Å²) in [5.74, 6) is 0. The zero-order chi connectivity index (χ0) is 12.5. The van der Waals surface area contributed by atoms with Crippen LogP contribution < -0.4 is 0 Å². The lowest BCUT2D eigenvalue weighted by Gasteiger charge is -2.01. The number of imidazole rings is 1. The molecule has 0 bridgehead atoms. The van der Waals surface area contributed by atoms with Crippen LogP contribution in [0.1, 0.15) is 18.2 Å². The molecule has 0 fully saturated rings. The first-order chi connectivity index (χ1) is 8.79. The Hall–Kier alpha value is -2.09. The summed E-state index contributed by atoms with van der Waals surface area (Å²) < 4.78 is 2.13. The molecule has 0 unspecified atom stereocenters. The molecule has 0 aliphatic rings. The number of benzene rings is 1. The molecule has 1 aromatic carbocycles. The third-order valence-electron chi connectivity index (χ3n) is 3.40. The van der Waals surface area contributed by atoms with Crippen LogP contribution in [0.3, 0.4) is 0 Å². The van der Waals surface area contributed by atoms with Gasteiger partial charge in [0.25, 0.3) is 0 Å². The van der Waals surface area contributed by atoms with E-state index in [4.69, 9.17) is 4.98 Å². The minimum absolute atomic E-state index is 1.00. The number of rotatable bonds is 2. The topological polar surface area (TPSA) is 17.3 Å². The van der Waals surface area contributed by atoms with Gasteiger partial charge in [0.2, 0.25) is 0 Å². The van der Waals surface area contributed by atoms with Crippen molar-refractivity contribution in [1.29, 1.82) is 0 Å². The van der Waals surface area contributed by atoms with Gasteiger partial charge >= 0.3 is 0 Å². The average Bonchev–Trinajstić information content (AvgIpc) is 2.77. The van der Waals surface area contributed by atoms with Gasteiger partial charge in [-0.05, 0) is 31.0 Å². The van der Waals surface area contributed by atoms with E-state index < -0.39 is 0 Å². The molecule has 90 valence electrons. The Morgan fingerprint density at radius 2 is 1.83 bits per heavy atom. The molecule has 0 saturated heterocycles. The molecule has 0 N–H and O–H groups in total. The minimum atomic E-state index is 1.00. The maximum atomic E-state index is 4.70. The van der Waals surface area contributed by atoms with Gasteiger partial charge < -0.3 is 4.40 Å². The van der Waals surface area contributed by atoms with Crippen molar-refractivity contribution in [3.05, 3.63) is 59.9 Å². The number of hydrogen-bond acceptors (Lipinski definition) is 1. The van der Waals surface area contributed by atoms with E-state index in [0.717, 1.165) is 17.8 Å². The van der Waals surface area contributed by atoms with E-state index in [1.165, 1.54) is 16.8 Å². The Labute approximate surface area is 107 Å². The van der Waals surface area contributed by atoms with E-state index in [2.05, 4.69) is 48.7 Å². The van der Waals surface area contributed by atoms with Crippen LogP contribution in [-0.2, 0) is 6.42 Å². The summed E-state index contributed by atoms with van der Waals surface area (Å²) in [6.07, 6.45) is 3.13. The van der Waals surface area contributed by atoms with Crippen LogP contribution in [0, 0.1) is 6.92 Å². The van der Waals surface area contributed by atoms with Gasteiger partial charge in [0.15, 0.2) is 0 Å². The van der Waals surface area contributed by atoms with Gasteiger partial charge in [-0.2, -0.15) is 0 Å². The molecule has 0 radical (unpaired) electrons. The van der Waals surface area contributed by atoms with Gasteiger partial charge in [-0.1, -0.05) is 37.3 Å². The Morgan fingerprint density at radius 1 is 1.06 bits per heavy atom. The normalized spacial score (nSPS) is 11.0. The fraction of sp³-hybridized carbons (Fsp3) is 0.188. The Morgan fingerprint density at radius 3 is 2.50 bits per heavy atom. The smallest absolute Gasteiger partial charge is 0.137 e. The monoisotopic (exact) mass is 236 g/mol. The van der Waals surface area contributed by atoms with Gasteiger partial charge in [-0.15, -0.1) is 0 Å². The summed E-state index contributed by atoms with van der Waals surface area (Å²) in [5.41, 5.74) is 5.82. The molecule has 0 aliphatic heterocycles. The van der Waals surface area contributed by atoms with Crippen molar-refractivity contribution in [1.82, 2.24) is 9.38 Å². The summed E-state index contributed by atoms with van der Waals surface area (Å²) in [6.45, 7) is 4.29. The highest BCUT2D eigenvalue weighted by molar-refractivity contribution is 5.66. The van der Waals surface area contributed by atoms with Crippen LogP contribution in [0.4, 0.5) is 0 Å². The fourth-order valence-electron chi connectivity index (χ4n) is 2.29. The van der Waals surface area contributed by atoms with Crippen molar-refractivity contribution >= 4 is 5.65 Å². The Bertz CT molecular complexity index is 678. The summed E-state index contributed by atoms with van der Waals surface area (Å²) in [7, 11) is 0. The standard InChI is InChI=1S/C16H16N2/c1-3-13-7-9-14(10-8-13)16-12(2)18-11-5-4-6-15(18)17-16/h4-11H,3H2,1-2H3. The van der Waals surface area contributed by atoms with E-state index >= 15 is 0 Å². The summed E-state index contributed by atoms with van der Waals surface area (Å²) in [5, 5.41) is 0. The third-order valence-corrected chi connectivity index (χ3v) is 3.40. The number of fused-ring (bicyclic) bond motifs is 1. The maximum Gasteiger partial charge on any atom is 0.137 e. The number of pyridine rings is 1. The number of aryl methyl sites for hydroxylation is 2. The van der Waals surface area contributed by atoms with E-state index in [-0.39, 0.29) is 0 Å². The lowest BCUT2D eigenvalue weighted by molar-refractivity contribution is 1.11. The molecule has 3 aromatic rings. The molecule has 2 heteroatoms. The minimum Gasteiger partial charge on any atom is -0.304 e. The fourth-order valence-corrected chi connectivity index (χ4v) is 2.29. The second-order valence-corrected chi connectivity index (χ2v) is 4.53. The molecular weight excluding hydrogens is 220 g/mol. The highest BCUT2D eigenvalue weighted by Gasteiger charge is 2.09. The van der Waals surface area contributed by atoms with E-state index in [0.29, 0.717) is 0 Å². The van der Waals surface area contributed by atoms with Crippen LogP contribution in [-0.4, -0.2) is 9.38 Å². The van der Waals surface area contributed by atoms with Crippen LogP contribution in [0.25, 0.3) is 16.9 Å². The third kappa shape index (κ3) is 1.70. The van der Waals surface area contributed by atoms with Crippen LogP contribution in [0.2, 0.25) is 0 Å². The van der Waals surface area contributed by atoms with Crippen molar-refractivity contribution in [3.8, 4) is 11.3 Å².